The highest BCUT2D eigenvalue weighted by Gasteiger charge is 2.16. The number of aromatic nitrogens is 2. The van der Waals surface area contributed by atoms with Crippen molar-refractivity contribution in [3.8, 4) is 11.4 Å². The second kappa shape index (κ2) is 10.4. The molecule has 0 saturated carbocycles. The van der Waals surface area contributed by atoms with Crippen molar-refractivity contribution >= 4 is 15.9 Å². The number of furan rings is 1. The average Bonchev–Trinajstić information content (AvgIpc) is 3.37. The van der Waals surface area contributed by atoms with Gasteiger partial charge in [0.1, 0.15) is 5.76 Å². The van der Waals surface area contributed by atoms with Gasteiger partial charge in [-0.2, -0.15) is 4.98 Å². The Labute approximate surface area is 173 Å². The first-order chi connectivity index (χ1) is 13.6. The zero-order valence-electron chi connectivity index (χ0n) is 15.6. The molecule has 0 aliphatic carbocycles. The summed E-state index contributed by atoms with van der Waals surface area (Å²) in [5.74, 6) is 2.01. The molecule has 1 atom stereocenters. The number of benzene rings is 1. The third kappa shape index (κ3) is 6.15. The van der Waals surface area contributed by atoms with E-state index in [0.29, 0.717) is 44.2 Å². The van der Waals surface area contributed by atoms with Crippen molar-refractivity contribution in [3.63, 3.8) is 0 Å². The molecule has 0 fully saturated rings. The number of hydrogen-bond acceptors (Lipinski definition) is 6. The highest BCUT2D eigenvalue weighted by Crippen LogP contribution is 2.19. The van der Waals surface area contributed by atoms with Crippen LogP contribution >= 0.6 is 15.9 Å². The summed E-state index contributed by atoms with van der Waals surface area (Å²) in [6, 6.07) is 11.6. The largest absolute Gasteiger partial charge is 0.468 e. The van der Waals surface area contributed by atoms with E-state index in [1.165, 1.54) is 0 Å². The van der Waals surface area contributed by atoms with Gasteiger partial charge in [0.25, 0.3) is 0 Å². The highest BCUT2D eigenvalue weighted by molar-refractivity contribution is 9.10. The van der Waals surface area contributed by atoms with E-state index in [4.69, 9.17) is 8.94 Å². The monoisotopic (exact) mass is 445 g/mol. The molecule has 2 aromatic heterocycles. The number of halogens is 1. The lowest BCUT2D eigenvalue weighted by Gasteiger charge is -2.23. The molecule has 1 N–H and O–H groups in total. The maximum atomic E-state index is 10.3. The predicted octanol–water partition coefficient (Wildman–Crippen LogP) is 4.46. The molecule has 0 saturated heterocycles. The molecule has 0 aliphatic heterocycles. The summed E-state index contributed by atoms with van der Waals surface area (Å²) in [4.78, 5) is 6.62. The summed E-state index contributed by atoms with van der Waals surface area (Å²) in [5, 5.41) is 14.3. The van der Waals surface area contributed by atoms with Crippen molar-refractivity contribution in [1.82, 2.24) is 15.0 Å². The van der Waals surface area contributed by atoms with Crippen LogP contribution in [0.25, 0.3) is 11.4 Å². The molecule has 0 aliphatic rings. The Morgan fingerprint density at radius 1 is 1.25 bits per heavy atom. The van der Waals surface area contributed by atoms with Gasteiger partial charge in [-0.15, -0.1) is 6.58 Å². The Bertz CT molecular complexity index is 846. The summed E-state index contributed by atoms with van der Waals surface area (Å²) in [6.07, 6.45) is 5.13. The number of aliphatic hydroxyl groups is 1. The van der Waals surface area contributed by atoms with Crippen molar-refractivity contribution in [2.45, 2.75) is 31.9 Å². The lowest BCUT2D eigenvalue weighted by molar-refractivity contribution is 0.0977. The van der Waals surface area contributed by atoms with Crippen molar-refractivity contribution in [3.05, 3.63) is 71.4 Å². The smallest absolute Gasteiger partial charge is 0.228 e. The number of hydrogen-bond donors (Lipinski definition) is 1. The van der Waals surface area contributed by atoms with Crippen LogP contribution in [0.5, 0.6) is 0 Å². The van der Waals surface area contributed by atoms with Gasteiger partial charge in [0.05, 0.1) is 18.9 Å². The van der Waals surface area contributed by atoms with Gasteiger partial charge >= 0.3 is 0 Å². The molecule has 0 radical (unpaired) electrons. The lowest BCUT2D eigenvalue weighted by Crippen LogP contribution is -2.33. The number of rotatable bonds is 11. The molecule has 3 aromatic rings. The molecular weight excluding hydrogens is 422 g/mol. The summed E-state index contributed by atoms with van der Waals surface area (Å²) in [6.45, 7) is 5.55. The average molecular weight is 446 g/mol. The Kier molecular flexibility index (Phi) is 7.59. The van der Waals surface area contributed by atoms with E-state index in [1.807, 2.05) is 42.5 Å². The third-order valence-corrected chi connectivity index (χ3v) is 4.87. The quantitative estimate of drug-likeness (QED) is 0.439. The van der Waals surface area contributed by atoms with Crippen molar-refractivity contribution in [2.75, 3.05) is 13.1 Å². The van der Waals surface area contributed by atoms with Crippen LogP contribution in [0.3, 0.4) is 0 Å². The molecule has 148 valence electrons. The maximum Gasteiger partial charge on any atom is 0.228 e. The van der Waals surface area contributed by atoms with E-state index in [1.54, 1.807) is 6.26 Å². The van der Waals surface area contributed by atoms with E-state index in [9.17, 15) is 5.11 Å². The summed E-state index contributed by atoms with van der Waals surface area (Å²) < 4.78 is 11.9. The van der Waals surface area contributed by atoms with Gasteiger partial charge in [-0.3, -0.25) is 4.90 Å². The van der Waals surface area contributed by atoms with Crippen LogP contribution in [0.1, 0.15) is 24.5 Å². The fourth-order valence-corrected chi connectivity index (χ4v) is 3.15. The minimum absolute atomic E-state index is 0.422. The van der Waals surface area contributed by atoms with Crippen molar-refractivity contribution in [1.29, 1.82) is 0 Å². The van der Waals surface area contributed by atoms with Crippen molar-refractivity contribution < 1.29 is 14.0 Å². The van der Waals surface area contributed by atoms with Crippen LogP contribution in [-0.4, -0.2) is 39.3 Å². The van der Waals surface area contributed by atoms with Gasteiger partial charge in [0.2, 0.25) is 11.7 Å². The Hall–Kier alpha value is -2.22. The second-order valence-electron chi connectivity index (χ2n) is 6.60. The summed E-state index contributed by atoms with van der Waals surface area (Å²) >= 11 is 3.42. The van der Waals surface area contributed by atoms with Gasteiger partial charge in [0, 0.05) is 29.5 Å². The first-order valence-corrected chi connectivity index (χ1v) is 10.1. The third-order valence-electron chi connectivity index (χ3n) is 4.34. The Morgan fingerprint density at radius 3 is 2.79 bits per heavy atom. The van der Waals surface area contributed by atoms with Crippen LogP contribution in [0, 0.1) is 0 Å². The molecule has 3 rings (SSSR count). The van der Waals surface area contributed by atoms with E-state index in [2.05, 4.69) is 37.5 Å². The van der Waals surface area contributed by atoms with Gasteiger partial charge in [0.15, 0.2) is 0 Å². The molecule has 0 amide bonds. The van der Waals surface area contributed by atoms with Gasteiger partial charge < -0.3 is 14.0 Å². The normalized spacial score (nSPS) is 12.4. The van der Waals surface area contributed by atoms with Crippen molar-refractivity contribution in [2.24, 2.45) is 0 Å². The van der Waals surface area contributed by atoms with Gasteiger partial charge in [-0.1, -0.05) is 27.2 Å². The highest BCUT2D eigenvalue weighted by atomic mass is 79.9. The van der Waals surface area contributed by atoms with Crippen LogP contribution in [0.15, 0.2) is 68.7 Å². The number of nitrogens with zero attached hydrogens (tertiary/aromatic N) is 3. The van der Waals surface area contributed by atoms with E-state index >= 15 is 0 Å². The zero-order valence-corrected chi connectivity index (χ0v) is 17.2. The summed E-state index contributed by atoms with van der Waals surface area (Å²) in [5.41, 5.74) is 0.908. The fraction of sp³-hybridized carbons (Fsp3) is 0.333. The first-order valence-electron chi connectivity index (χ1n) is 9.26. The summed E-state index contributed by atoms with van der Waals surface area (Å²) in [7, 11) is 0. The Balaban J connectivity index is 1.60. The zero-order chi connectivity index (χ0) is 19.8. The molecule has 1 aromatic carbocycles. The van der Waals surface area contributed by atoms with E-state index < -0.39 is 6.10 Å². The Morgan fingerprint density at radius 2 is 2.07 bits per heavy atom. The predicted molar refractivity (Wildman–Crippen MR) is 111 cm³/mol. The molecule has 7 heteroatoms. The van der Waals surface area contributed by atoms with Crippen LogP contribution in [-0.2, 0) is 13.0 Å². The molecular formula is C21H24BrN3O3. The topological polar surface area (TPSA) is 75.5 Å². The molecule has 6 nitrogen and oxygen atoms in total. The minimum Gasteiger partial charge on any atom is -0.468 e. The van der Waals surface area contributed by atoms with Crippen LogP contribution in [0.4, 0.5) is 0 Å². The molecule has 0 bridgehead atoms. The molecule has 28 heavy (non-hydrogen) atoms. The minimum atomic E-state index is -0.422. The maximum absolute atomic E-state index is 10.3. The second-order valence-corrected chi connectivity index (χ2v) is 7.52. The van der Waals surface area contributed by atoms with Gasteiger partial charge in [-0.05, 0) is 49.2 Å². The lowest BCUT2D eigenvalue weighted by atomic mass is 10.2. The van der Waals surface area contributed by atoms with E-state index in [0.717, 1.165) is 22.2 Å². The fourth-order valence-electron chi connectivity index (χ4n) is 2.88. The van der Waals surface area contributed by atoms with Crippen LogP contribution in [0.2, 0.25) is 0 Å². The standard InChI is InChI=1S/C21H24BrN3O3/c1-2-3-5-18(26)14-25(15-19-6-4-13-27-19)12-11-20-23-21(24-28-20)16-7-9-17(22)10-8-16/h2,4,6-10,13,18,26H,1,3,5,11-12,14-15H2. The number of aliphatic hydroxyl groups excluding tert-OH is 1. The first kappa shape index (κ1) is 20.5. The molecule has 2 heterocycles. The SMILES string of the molecule is C=CCCC(O)CN(CCc1nc(-c2ccc(Br)cc2)no1)Cc1ccco1. The number of allylic oxidation sites excluding steroid dienone is 1. The molecule has 0 spiro atoms. The van der Waals surface area contributed by atoms with Gasteiger partial charge in [-0.25, -0.2) is 0 Å². The molecule has 1 unspecified atom stereocenters. The van der Waals surface area contributed by atoms with Crippen LogP contribution < -0.4 is 0 Å². The van der Waals surface area contributed by atoms with E-state index in [-0.39, 0.29) is 0 Å².